The van der Waals surface area contributed by atoms with Crippen molar-refractivity contribution in [1.29, 1.82) is 0 Å². The third-order valence-corrected chi connectivity index (χ3v) is 3.25. The minimum absolute atomic E-state index is 0.107. The van der Waals surface area contributed by atoms with Crippen LogP contribution in [-0.4, -0.2) is 23.0 Å². The van der Waals surface area contributed by atoms with Gasteiger partial charge in [0.25, 0.3) is 5.91 Å². The Morgan fingerprint density at radius 1 is 1.33 bits per heavy atom. The van der Waals surface area contributed by atoms with Gasteiger partial charge in [-0.1, -0.05) is 30.7 Å². The van der Waals surface area contributed by atoms with Gasteiger partial charge in [-0.15, -0.1) is 0 Å². The first kappa shape index (κ1) is 15.3. The molecule has 1 N–H and O–H groups in total. The van der Waals surface area contributed by atoms with E-state index in [1.807, 2.05) is 31.2 Å². The summed E-state index contributed by atoms with van der Waals surface area (Å²) in [4.78, 5) is 20.0. The smallest absolute Gasteiger partial charge is 0.272 e. The van der Waals surface area contributed by atoms with E-state index in [1.165, 1.54) is 12.4 Å². The minimum Gasteiger partial charge on any atom is -0.497 e. The highest BCUT2D eigenvalue weighted by molar-refractivity contribution is 6.29. The SMILES string of the molecule is CCC(NC(=O)c1cncc(Cl)n1)c1ccc(OC)cc1. The topological polar surface area (TPSA) is 64.1 Å². The number of carbonyl (C=O) groups excluding carboxylic acids is 1. The van der Waals surface area contributed by atoms with Crippen LogP contribution in [0.3, 0.4) is 0 Å². The third-order valence-electron chi connectivity index (χ3n) is 3.07. The molecule has 1 aromatic carbocycles. The minimum atomic E-state index is -0.298. The molecule has 0 saturated carbocycles. The number of methoxy groups -OCH3 is 1. The van der Waals surface area contributed by atoms with Crippen LogP contribution in [0.15, 0.2) is 36.7 Å². The Morgan fingerprint density at radius 3 is 2.62 bits per heavy atom. The van der Waals surface area contributed by atoms with E-state index in [2.05, 4.69) is 15.3 Å². The highest BCUT2D eigenvalue weighted by Gasteiger charge is 2.15. The molecule has 0 bridgehead atoms. The largest absolute Gasteiger partial charge is 0.497 e. The summed E-state index contributed by atoms with van der Waals surface area (Å²) < 4.78 is 5.13. The number of nitrogens with one attached hydrogen (secondary N) is 1. The molecule has 1 atom stereocenters. The van der Waals surface area contributed by atoms with Gasteiger partial charge in [-0.3, -0.25) is 9.78 Å². The molecule has 0 aliphatic heterocycles. The summed E-state index contributed by atoms with van der Waals surface area (Å²) in [6.07, 6.45) is 3.53. The second-order valence-corrected chi connectivity index (χ2v) is 4.82. The van der Waals surface area contributed by atoms with Crippen molar-refractivity contribution in [2.24, 2.45) is 0 Å². The number of ether oxygens (including phenoxy) is 1. The standard InChI is InChI=1S/C15H16ClN3O2/c1-3-12(10-4-6-11(21-2)7-5-10)19-15(20)13-8-17-9-14(16)18-13/h4-9,12H,3H2,1-2H3,(H,19,20). The van der Waals surface area contributed by atoms with Gasteiger partial charge >= 0.3 is 0 Å². The fourth-order valence-electron chi connectivity index (χ4n) is 1.94. The Kier molecular flexibility index (Phi) is 5.11. The first-order valence-corrected chi connectivity index (χ1v) is 6.94. The highest BCUT2D eigenvalue weighted by Crippen LogP contribution is 2.20. The number of hydrogen-bond acceptors (Lipinski definition) is 4. The predicted octanol–water partition coefficient (Wildman–Crippen LogP) is 3.02. The molecule has 110 valence electrons. The van der Waals surface area contributed by atoms with Crippen molar-refractivity contribution in [3.63, 3.8) is 0 Å². The third kappa shape index (κ3) is 3.92. The summed E-state index contributed by atoms with van der Waals surface area (Å²) in [7, 11) is 1.62. The van der Waals surface area contributed by atoms with Crippen LogP contribution in [0.4, 0.5) is 0 Å². The Balaban J connectivity index is 2.12. The second kappa shape index (κ2) is 7.04. The summed E-state index contributed by atoms with van der Waals surface area (Å²) in [5.41, 5.74) is 1.20. The fourth-order valence-corrected chi connectivity index (χ4v) is 2.09. The van der Waals surface area contributed by atoms with Crippen LogP contribution in [0.5, 0.6) is 5.75 Å². The maximum absolute atomic E-state index is 12.2. The lowest BCUT2D eigenvalue weighted by Crippen LogP contribution is -2.29. The van der Waals surface area contributed by atoms with Crippen LogP contribution >= 0.6 is 11.6 Å². The number of rotatable bonds is 5. The van der Waals surface area contributed by atoms with Gasteiger partial charge in [-0.2, -0.15) is 0 Å². The van der Waals surface area contributed by atoms with Gasteiger partial charge in [0.15, 0.2) is 0 Å². The van der Waals surface area contributed by atoms with Crippen molar-refractivity contribution in [3.05, 3.63) is 53.1 Å². The number of amides is 1. The van der Waals surface area contributed by atoms with E-state index in [-0.39, 0.29) is 22.8 Å². The van der Waals surface area contributed by atoms with E-state index in [9.17, 15) is 4.79 Å². The average Bonchev–Trinajstić information content (AvgIpc) is 2.52. The van der Waals surface area contributed by atoms with Gasteiger partial charge in [0, 0.05) is 0 Å². The molecule has 0 aliphatic rings. The maximum atomic E-state index is 12.2. The summed E-state index contributed by atoms with van der Waals surface area (Å²) in [6, 6.07) is 7.48. The quantitative estimate of drug-likeness (QED) is 0.922. The number of carbonyl (C=O) groups is 1. The number of nitrogens with zero attached hydrogens (tertiary/aromatic N) is 2. The van der Waals surface area contributed by atoms with Crippen molar-refractivity contribution in [1.82, 2.24) is 15.3 Å². The van der Waals surface area contributed by atoms with Crippen LogP contribution in [0.1, 0.15) is 35.4 Å². The Labute approximate surface area is 128 Å². The van der Waals surface area contributed by atoms with Crippen LogP contribution in [0.25, 0.3) is 0 Å². The zero-order valence-corrected chi connectivity index (χ0v) is 12.6. The molecule has 0 spiro atoms. The van der Waals surface area contributed by atoms with E-state index in [4.69, 9.17) is 16.3 Å². The van der Waals surface area contributed by atoms with Gasteiger partial charge in [0.1, 0.15) is 16.6 Å². The van der Waals surface area contributed by atoms with Gasteiger partial charge in [0.2, 0.25) is 0 Å². The van der Waals surface area contributed by atoms with Crippen molar-refractivity contribution in [2.75, 3.05) is 7.11 Å². The maximum Gasteiger partial charge on any atom is 0.272 e. The lowest BCUT2D eigenvalue weighted by Gasteiger charge is -2.17. The molecule has 0 saturated heterocycles. The van der Waals surface area contributed by atoms with E-state index in [0.29, 0.717) is 0 Å². The normalized spacial score (nSPS) is 11.8. The molecule has 5 nitrogen and oxygen atoms in total. The van der Waals surface area contributed by atoms with E-state index >= 15 is 0 Å². The molecule has 2 rings (SSSR count). The molecule has 2 aromatic rings. The molecule has 1 heterocycles. The fraction of sp³-hybridized carbons (Fsp3) is 0.267. The molecule has 0 radical (unpaired) electrons. The monoisotopic (exact) mass is 305 g/mol. The summed E-state index contributed by atoms with van der Waals surface area (Å²) in [5, 5.41) is 3.12. The van der Waals surface area contributed by atoms with E-state index < -0.39 is 0 Å². The first-order chi connectivity index (χ1) is 10.1. The molecule has 21 heavy (non-hydrogen) atoms. The van der Waals surface area contributed by atoms with Crippen LogP contribution in [0, 0.1) is 0 Å². The summed E-state index contributed by atoms with van der Waals surface area (Å²) in [6.45, 7) is 2.00. The van der Waals surface area contributed by atoms with Crippen LogP contribution < -0.4 is 10.1 Å². The predicted molar refractivity (Wildman–Crippen MR) is 80.5 cm³/mol. The van der Waals surface area contributed by atoms with E-state index in [1.54, 1.807) is 7.11 Å². The summed E-state index contributed by atoms with van der Waals surface area (Å²) in [5.74, 6) is 0.480. The molecule has 0 aliphatic carbocycles. The van der Waals surface area contributed by atoms with Gasteiger partial charge in [0.05, 0.1) is 25.5 Å². The van der Waals surface area contributed by atoms with Crippen molar-refractivity contribution >= 4 is 17.5 Å². The molecule has 1 amide bonds. The first-order valence-electron chi connectivity index (χ1n) is 6.56. The van der Waals surface area contributed by atoms with Crippen LogP contribution in [-0.2, 0) is 0 Å². The Morgan fingerprint density at radius 2 is 2.05 bits per heavy atom. The zero-order chi connectivity index (χ0) is 15.2. The molecular formula is C15H16ClN3O2. The van der Waals surface area contributed by atoms with Gasteiger partial charge in [-0.25, -0.2) is 4.98 Å². The van der Waals surface area contributed by atoms with Gasteiger partial charge in [-0.05, 0) is 24.1 Å². The number of halogens is 1. The van der Waals surface area contributed by atoms with Crippen LogP contribution in [0.2, 0.25) is 5.15 Å². The van der Waals surface area contributed by atoms with Crippen molar-refractivity contribution in [3.8, 4) is 5.75 Å². The molecule has 1 aromatic heterocycles. The average molecular weight is 306 g/mol. The lowest BCUT2D eigenvalue weighted by atomic mass is 10.0. The lowest BCUT2D eigenvalue weighted by molar-refractivity contribution is 0.0930. The summed E-state index contributed by atoms with van der Waals surface area (Å²) >= 11 is 5.74. The Hall–Kier alpha value is -2.14. The Bertz CT molecular complexity index is 617. The molecule has 1 unspecified atom stereocenters. The molecule has 6 heteroatoms. The van der Waals surface area contributed by atoms with Gasteiger partial charge < -0.3 is 10.1 Å². The van der Waals surface area contributed by atoms with Crippen molar-refractivity contribution in [2.45, 2.75) is 19.4 Å². The molecular weight excluding hydrogens is 290 g/mol. The molecule has 0 fully saturated rings. The number of aromatic nitrogens is 2. The van der Waals surface area contributed by atoms with Crippen molar-refractivity contribution < 1.29 is 9.53 Å². The highest BCUT2D eigenvalue weighted by atomic mass is 35.5. The second-order valence-electron chi connectivity index (χ2n) is 4.43. The number of benzene rings is 1. The van der Waals surface area contributed by atoms with E-state index in [0.717, 1.165) is 17.7 Å². The zero-order valence-electron chi connectivity index (χ0n) is 11.8. The number of hydrogen-bond donors (Lipinski definition) is 1.